The van der Waals surface area contributed by atoms with Gasteiger partial charge in [-0.3, -0.25) is 4.79 Å². The van der Waals surface area contributed by atoms with Crippen molar-refractivity contribution < 1.29 is 29.0 Å². The van der Waals surface area contributed by atoms with E-state index in [9.17, 15) is 19.5 Å². The Morgan fingerprint density at radius 2 is 1.62 bits per heavy atom. The van der Waals surface area contributed by atoms with Crippen LogP contribution in [0.25, 0.3) is 0 Å². The molecule has 1 atom stereocenters. The van der Waals surface area contributed by atoms with E-state index >= 15 is 0 Å². The standard InChI is InChI=1S/C10H14O5.C3H5NO.CH4/c1-4-9(12)14-5-8(11)6-15-10(13)7(2)3;1-2-3(4)5;/h4,8,11H,1-2,5-6H2,3H3;2H,1H2,(H2,4,5);1H4. The van der Waals surface area contributed by atoms with Gasteiger partial charge in [0.05, 0.1) is 0 Å². The molecule has 0 bridgehead atoms. The van der Waals surface area contributed by atoms with Crippen LogP contribution in [0.1, 0.15) is 14.4 Å². The molecule has 7 heteroatoms. The molecule has 0 rings (SSSR count). The van der Waals surface area contributed by atoms with Gasteiger partial charge in [0.15, 0.2) is 0 Å². The number of hydrogen-bond acceptors (Lipinski definition) is 6. The molecule has 0 aromatic rings. The van der Waals surface area contributed by atoms with Gasteiger partial charge >= 0.3 is 11.9 Å². The van der Waals surface area contributed by atoms with E-state index in [1.54, 1.807) is 0 Å². The summed E-state index contributed by atoms with van der Waals surface area (Å²) in [6.07, 6.45) is 0.990. The molecule has 0 aliphatic rings. The second kappa shape index (κ2) is 14.0. The van der Waals surface area contributed by atoms with Crippen LogP contribution < -0.4 is 5.73 Å². The average Bonchev–Trinajstić information content (AvgIpc) is 2.42. The Bertz CT molecular complexity index is 389. The first-order valence-corrected chi connectivity index (χ1v) is 5.46. The number of aliphatic hydroxyl groups excluding tert-OH is 1. The monoisotopic (exact) mass is 301 g/mol. The average molecular weight is 301 g/mol. The SMILES string of the molecule is C.C=CC(=O)OCC(O)COC(=O)C(=C)C.C=CC(N)=O. The molecule has 0 radical (unpaired) electrons. The number of rotatable bonds is 7. The molecule has 0 saturated carbocycles. The van der Waals surface area contributed by atoms with Crippen molar-refractivity contribution in [2.75, 3.05) is 13.2 Å². The Balaban J connectivity index is -0.000000465. The molecular weight excluding hydrogens is 278 g/mol. The maximum Gasteiger partial charge on any atom is 0.333 e. The Kier molecular flexibility index (Phi) is 15.8. The van der Waals surface area contributed by atoms with E-state index in [-0.39, 0.29) is 26.2 Å². The molecule has 3 N–H and O–H groups in total. The molecule has 0 aliphatic heterocycles. The predicted octanol–water partition coefficient (Wildman–Crippen LogP) is 0.490. The largest absolute Gasteiger partial charge is 0.460 e. The second-order valence-electron chi connectivity index (χ2n) is 3.47. The minimum Gasteiger partial charge on any atom is -0.460 e. The Hall–Kier alpha value is -2.41. The number of carbonyl (C=O) groups is 3. The smallest absolute Gasteiger partial charge is 0.333 e. The maximum atomic E-state index is 10.9. The summed E-state index contributed by atoms with van der Waals surface area (Å²) in [5.41, 5.74) is 4.78. The van der Waals surface area contributed by atoms with Crippen LogP contribution in [0, 0.1) is 0 Å². The Morgan fingerprint density at radius 3 is 1.95 bits per heavy atom. The molecule has 1 unspecified atom stereocenters. The summed E-state index contributed by atoms with van der Waals surface area (Å²) in [6, 6.07) is 0. The van der Waals surface area contributed by atoms with Crippen molar-refractivity contribution >= 4 is 17.8 Å². The molecule has 7 nitrogen and oxygen atoms in total. The van der Waals surface area contributed by atoms with Gasteiger partial charge in [-0.25, -0.2) is 9.59 Å². The van der Waals surface area contributed by atoms with Crippen LogP contribution in [0.5, 0.6) is 0 Å². The fourth-order valence-corrected chi connectivity index (χ4v) is 0.580. The number of primary amides is 1. The lowest BCUT2D eigenvalue weighted by Gasteiger charge is -2.10. The highest BCUT2D eigenvalue weighted by atomic mass is 16.6. The summed E-state index contributed by atoms with van der Waals surface area (Å²) in [7, 11) is 0. The van der Waals surface area contributed by atoms with Crippen LogP contribution >= 0.6 is 0 Å². The van der Waals surface area contributed by atoms with Gasteiger partial charge in [0.1, 0.15) is 19.3 Å². The van der Waals surface area contributed by atoms with Gasteiger partial charge in [-0.1, -0.05) is 27.2 Å². The normalized spacial score (nSPS) is 9.62. The van der Waals surface area contributed by atoms with Crippen LogP contribution in [-0.4, -0.2) is 42.3 Å². The predicted molar refractivity (Wildman–Crippen MR) is 79.1 cm³/mol. The van der Waals surface area contributed by atoms with Gasteiger partial charge in [0.25, 0.3) is 0 Å². The lowest BCUT2D eigenvalue weighted by Crippen LogP contribution is -2.25. The molecule has 0 spiro atoms. The van der Waals surface area contributed by atoms with Gasteiger partial charge in [0.2, 0.25) is 5.91 Å². The summed E-state index contributed by atoms with van der Waals surface area (Å²) in [5.74, 6) is -1.71. The fourth-order valence-electron chi connectivity index (χ4n) is 0.580. The third-order valence-corrected chi connectivity index (χ3v) is 1.54. The van der Waals surface area contributed by atoms with E-state index in [4.69, 9.17) is 0 Å². The van der Waals surface area contributed by atoms with Crippen LogP contribution in [0.2, 0.25) is 0 Å². The third-order valence-electron chi connectivity index (χ3n) is 1.54. The van der Waals surface area contributed by atoms with Crippen LogP contribution in [0.3, 0.4) is 0 Å². The molecule has 0 aromatic carbocycles. The number of carbonyl (C=O) groups excluding carboxylic acids is 3. The van der Waals surface area contributed by atoms with Crippen molar-refractivity contribution in [3.05, 3.63) is 37.5 Å². The first kappa shape index (κ1) is 23.7. The highest BCUT2D eigenvalue weighted by Crippen LogP contribution is 1.95. The fraction of sp³-hybridized carbons (Fsp3) is 0.357. The van der Waals surface area contributed by atoms with E-state index in [2.05, 4.69) is 34.9 Å². The zero-order chi connectivity index (χ0) is 16.1. The van der Waals surface area contributed by atoms with Gasteiger partial charge < -0.3 is 20.3 Å². The third kappa shape index (κ3) is 17.6. The molecule has 21 heavy (non-hydrogen) atoms. The summed E-state index contributed by atoms with van der Waals surface area (Å²) >= 11 is 0. The molecule has 0 fully saturated rings. The van der Waals surface area contributed by atoms with Crippen LogP contribution in [-0.2, 0) is 23.9 Å². The quantitative estimate of drug-likeness (QED) is 0.522. The number of ether oxygens (including phenoxy) is 2. The maximum absolute atomic E-state index is 10.9. The van der Waals surface area contributed by atoms with E-state index < -0.39 is 23.9 Å². The lowest BCUT2D eigenvalue weighted by atomic mass is 10.3. The van der Waals surface area contributed by atoms with Crippen molar-refractivity contribution in [3.63, 3.8) is 0 Å². The zero-order valence-corrected chi connectivity index (χ0v) is 11.3. The van der Waals surface area contributed by atoms with Crippen molar-refractivity contribution in [2.45, 2.75) is 20.5 Å². The molecular formula is C14H23NO6. The molecule has 0 heterocycles. The molecule has 0 saturated heterocycles. The molecule has 0 aliphatic carbocycles. The summed E-state index contributed by atoms with van der Waals surface area (Å²) in [4.78, 5) is 30.9. The Labute approximate surface area is 124 Å². The summed E-state index contributed by atoms with van der Waals surface area (Å²) < 4.78 is 9.15. The van der Waals surface area contributed by atoms with Crippen molar-refractivity contribution in [2.24, 2.45) is 5.73 Å². The van der Waals surface area contributed by atoms with Crippen LogP contribution in [0.15, 0.2) is 37.5 Å². The molecule has 1 amide bonds. The van der Waals surface area contributed by atoms with Gasteiger partial charge in [-0.15, -0.1) is 0 Å². The first-order valence-electron chi connectivity index (χ1n) is 5.46. The van der Waals surface area contributed by atoms with Crippen LogP contribution in [0.4, 0.5) is 0 Å². The summed E-state index contributed by atoms with van der Waals surface area (Å²) in [5, 5.41) is 9.21. The minimum atomic E-state index is -1.04. The minimum absolute atomic E-state index is 0. The van der Waals surface area contributed by atoms with Crippen molar-refractivity contribution in [3.8, 4) is 0 Å². The van der Waals surface area contributed by atoms with E-state index in [0.29, 0.717) is 0 Å². The van der Waals surface area contributed by atoms with Crippen molar-refractivity contribution in [1.29, 1.82) is 0 Å². The number of nitrogens with two attached hydrogens (primary N) is 1. The van der Waals surface area contributed by atoms with Gasteiger partial charge in [-0.2, -0.15) is 0 Å². The number of amides is 1. The van der Waals surface area contributed by atoms with E-state index in [1.807, 2.05) is 0 Å². The number of hydrogen-bond donors (Lipinski definition) is 2. The lowest BCUT2D eigenvalue weighted by molar-refractivity contribution is -0.146. The highest BCUT2D eigenvalue weighted by Gasteiger charge is 2.10. The number of esters is 2. The highest BCUT2D eigenvalue weighted by molar-refractivity contribution is 5.87. The topological polar surface area (TPSA) is 116 Å². The van der Waals surface area contributed by atoms with E-state index in [0.717, 1.165) is 12.2 Å². The van der Waals surface area contributed by atoms with Gasteiger partial charge in [0, 0.05) is 11.6 Å². The first-order chi connectivity index (χ1) is 9.24. The van der Waals surface area contributed by atoms with Crippen molar-refractivity contribution in [1.82, 2.24) is 0 Å². The van der Waals surface area contributed by atoms with E-state index in [1.165, 1.54) is 6.92 Å². The Morgan fingerprint density at radius 1 is 1.19 bits per heavy atom. The summed E-state index contributed by atoms with van der Waals surface area (Å²) in [6.45, 7) is 10.6. The zero-order valence-electron chi connectivity index (χ0n) is 11.3. The van der Waals surface area contributed by atoms with Gasteiger partial charge in [-0.05, 0) is 13.0 Å². The molecule has 0 aromatic heterocycles. The number of aliphatic hydroxyl groups is 1. The second-order valence-corrected chi connectivity index (χ2v) is 3.47. The molecule has 120 valence electrons.